The Balaban J connectivity index is 1.80. The third-order valence-corrected chi connectivity index (χ3v) is 6.06. The number of rotatable bonds is 2. The first-order valence-corrected chi connectivity index (χ1v) is 10.2. The monoisotopic (exact) mass is 384 g/mol. The Bertz CT molecular complexity index is 1470. The van der Waals surface area contributed by atoms with Crippen LogP contribution in [0.4, 0.5) is 0 Å². The minimum Gasteiger partial charge on any atom is -0.497 e. The lowest BCUT2D eigenvalue weighted by molar-refractivity contribution is 0.415. The van der Waals surface area contributed by atoms with Gasteiger partial charge in [0.05, 0.1) is 7.11 Å². The molecular formula is C29H20O. The van der Waals surface area contributed by atoms with Gasteiger partial charge in [0.1, 0.15) is 5.75 Å². The highest BCUT2D eigenvalue weighted by Gasteiger charge is 2.12. The van der Waals surface area contributed by atoms with Gasteiger partial charge < -0.3 is 4.74 Å². The van der Waals surface area contributed by atoms with E-state index in [4.69, 9.17) is 4.74 Å². The van der Waals surface area contributed by atoms with Crippen molar-refractivity contribution in [3.05, 3.63) is 103 Å². The van der Waals surface area contributed by atoms with Gasteiger partial charge in [-0.3, -0.25) is 0 Å². The van der Waals surface area contributed by atoms with Crippen LogP contribution in [0.5, 0.6) is 5.75 Å². The molecule has 1 heteroatoms. The van der Waals surface area contributed by atoms with E-state index in [1.165, 1.54) is 54.2 Å². The van der Waals surface area contributed by atoms with E-state index in [1.807, 2.05) is 12.1 Å². The van der Waals surface area contributed by atoms with Gasteiger partial charge >= 0.3 is 0 Å². The van der Waals surface area contributed by atoms with Crippen molar-refractivity contribution in [2.75, 3.05) is 7.11 Å². The number of benzene rings is 6. The smallest absolute Gasteiger partial charge is 0.118 e. The summed E-state index contributed by atoms with van der Waals surface area (Å²) in [6.45, 7) is 0. The molecule has 142 valence electrons. The van der Waals surface area contributed by atoms with Crippen LogP contribution in [0.1, 0.15) is 0 Å². The molecule has 0 aromatic heterocycles. The predicted molar refractivity (Wildman–Crippen MR) is 128 cm³/mol. The average Bonchev–Trinajstić information content (AvgIpc) is 2.80. The molecule has 0 unspecified atom stereocenters. The molecule has 30 heavy (non-hydrogen) atoms. The number of hydrogen-bond donors (Lipinski definition) is 0. The van der Waals surface area contributed by atoms with Gasteiger partial charge in [0.25, 0.3) is 0 Å². The Morgan fingerprint density at radius 1 is 0.467 bits per heavy atom. The van der Waals surface area contributed by atoms with Crippen LogP contribution in [0.25, 0.3) is 54.2 Å². The average molecular weight is 384 g/mol. The summed E-state index contributed by atoms with van der Waals surface area (Å²) >= 11 is 0. The minimum atomic E-state index is 0.874. The quantitative estimate of drug-likeness (QED) is 0.275. The summed E-state index contributed by atoms with van der Waals surface area (Å²) in [5.74, 6) is 0.874. The van der Waals surface area contributed by atoms with E-state index in [-0.39, 0.29) is 0 Å². The zero-order chi connectivity index (χ0) is 20.1. The lowest BCUT2D eigenvalue weighted by Gasteiger charge is -2.15. The molecule has 0 bridgehead atoms. The van der Waals surface area contributed by atoms with Gasteiger partial charge in [0.15, 0.2) is 0 Å². The molecule has 6 aromatic rings. The maximum atomic E-state index is 5.40. The first-order chi connectivity index (χ1) is 14.8. The number of fused-ring (bicyclic) bond motifs is 4. The molecule has 0 amide bonds. The first-order valence-electron chi connectivity index (χ1n) is 10.2. The summed E-state index contributed by atoms with van der Waals surface area (Å²) < 4.78 is 5.40. The molecule has 6 rings (SSSR count). The fraction of sp³-hybridized carbons (Fsp3) is 0.0345. The van der Waals surface area contributed by atoms with Crippen molar-refractivity contribution in [3.8, 4) is 16.9 Å². The molecule has 0 fully saturated rings. The van der Waals surface area contributed by atoms with Crippen molar-refractivity contribution >= 4 is 43.1 Å². The highest BCUT2D eigenvalue weighted by atomic mass is 16.5. The van der Waals surface area contributed by atoms with E-state index in [0.29, 0.717) is 0 Å². The van der Waals surface area contributed by atoms with Gasteiger partial charge in [-0.1, -0.05) is 60.7 Å². The van der Waals surface area contributed by atoms with Crippen LogP contribution in [-0.2, 0) is 0 Å². The van der Waals surface area contributed by atoms with Crippen molar-refractivity contribution < 1.29 is 4.74 Å². The Kier molecular flexibility index (Phi) is 3.75. The molecule has 6 aromatic carbocycles. The van der Waals surface area contributed by atoms with Crippen LogP contribution in [0.15, 0.2) is 103 Å². The Labute approximate surface area is 175 Å². The third-order valence-electron chi connectivity index (χ3n) is 6.06. The second-order valence-electron chi connectivity index (χ2n) is 7.82. The topological polar surface area (TPSA) is 9.23 Å². The van der Waals surface area contributed by atoms with Crippen LogP contribution in [-0.4, -0.2) is 7.11 Å². The van der Waals surface area contributed by atoms with Crippen LogP contribution < -0.4 is 4.74 Å². The second kappa shape index (κ2) is 6.60. The minimum absolute atomic E-state index is 0.874. The molecule has 0 saturated heterocycles. The largest absolute Gasteiger partial charge is 0.497 e. The Hall–Kier alpha value is -3.84. The Morgan fingerprint density at radius 3 is 1.37 bits per heavy atom. The maximum absolute atomic E-state index is 5.40. The molecule has 0 spiro atoms. The molecule has 0 N–H and O–H groups in total. The van der Waals surface area contributed by atoms with Crippen molar-refractivity contribution in [2.45, 2.75) is 0 Å². The molecule has 0 aliphatic heterocycles. The van der Waals surface area contributed by atoms with Crippen molar-refractivity contribution in [1.29, 1.82) is 0 Å². The van der Waals surface area contributed by atoms with Gasteiger partial charge in [-0.25, -0.2) is 0 Å². The summed E-state index contributed by atoms with van der Waals surface area (Å²) in [4.78, 5) is 0. The van der Waals surface area contributed by atoms with Gasteiger partial charge in [0.2, 0.25) is 0 Å². The van der Waals surface area contributed by atoms with E-state index in [1.54, 1.807) is 7.11 Å². The fourth-order valence-corrected chi connectivity index (χ4v) is 4.57. The molecule has 0 aliphatic carbocycles. The second-order valence-corrected chi connectivity index (χ2v) is 7.82. The molecule has 0 radical (unpaired) electrons. The zero-order valence-corrected chi connectivity index (χ0v) is 16.7. The molecule has 0 aliphatic rings. The van der Waals surface area contributed by atoms with Gasteiger partial charge in [-0.15, -0.1) is 0 Å². The summed E-state index contributed by atoms with van der Waals surface area (Å²) in [5, 5.41) is 10.2. The highest BCUT2D eigenvalue weighted by molar-refractivity contribution is 6.18. The maximum Gasteiger partial charge on any atom is 0.118 e. The highest BCUT2D eigenvalue weighted by Crippen LogP contribution is 2.40. The van der Waals surface area contributed by atoms with E-state index in [9.17, 15) is 0 Å². The normalized spacial score (nSPS) is 11.5. The molecule has 0 heterocycles. The molecular weight excluding hydrogens is 364 g/mol. The van der Waals surface area contributed by atoms with Gasteiger partial charge in [0, 0.05) is 0 Å². The number of hydrogen-bond acceptors (Lipinski definition) is 1. The summed E-state index contributed by atoms with van der Waals surface area (Å²) in [6.07, 6.45) is 0. The van der Waals surface area contributed by atoms with E-state index >= 15 is 0 Å². The third kappa shape index (κ3) is 2.63. The SMILES string of the molecule is COc1ccc(-c2c3cc4ccccc4cc3cc3cc4ccccc4cc23)cc1. The van der Waals surface area contributed by atoms with E-state index in [0.717, 1.165) is 5.75 Å². The van der Waals surface area contributed by atoms with Crippen molar-refractivity contribution in [3.63, 3.8) is 0 Å². The summed E-state index contributed by atoms with van der Waals surface area (Å²) in [6, 6.07) is 37.2. The fourth-order valence-electron chi connectivity index (χ4n) is 4.57. The molecule has 1 nitrogen and oxygen atoms in total. The first kappa shape index (κ1) is 17.1. The Morgan fingerprint density at radius 2 is 0.900 bits per heavy atom. The summed E-state index contributed by atoms with van der Waals surface area (Å²) in [5.41, 5.74) is 2.48. The lowest BCUT2D eigenvalue weighted by atomic mass is 9.89. The summed E-state index contributed by atoms with van der Waals surface area (Å²) in [7, 11) is 1.71. The van der Waals surface area contributed by atoms with Gasteiger partial charge in [-0.2, -0.15) is 0 Å². The van der Waals surface area contributed by atoms with Crippen LogP contribution in [0, 0.1) is 0 Å². The molecule has 0 saturated carbocycles. The van der Waals surface area contributed by atoms with Crippen LogP contribution in [0.2, 0.25) is 0 Å². The number of ether oxygens (including phenoxy) is 1. The standard InChI is InChI=1S/C29H20O/c1-30-26-12-10-19(11-13-26)29-27-17-22-8-4-2-6-20(22)14-24(27)16-25-15-21-7-3-5-9-23(21)18-28(25)29/h2-18H,1H3. The van der Waals surface area contributed by atoms with E-state index in [2.05, 4.69) is 91.0 Å². The van der Waals surface area contributed by atoms with Crippen LogP contribution >= 0.6 is 0 Å². The molecule has 0 atom stereocenters. The van der Waals surface area contributed by atoms with Gasteiger partial charge in [-0.05, 0) is 96.7 Å². The van der Waals surface area contributed by atoms with E-state index < -0.39 is 0 Å². The van der Waals surface area contributed by atoms with Crippen molar-refractivity contribution in [2.24, 2.45) is 0 Å². The van der Waals surface area contributed by atoms with Crippen molar-refractivity contribution in [1.82, 2.24) is 0 Å². The lowest BCUT2D eigenvalue weighted by Crippen LogP contribution is -1.88. The number of methoxy groups -OCH3 is 1. The zero-order valence-electron chi connectivity index (χ0n) is 16.7. The van der Waals surface area contributed by atoms with Crippen LogP contribution in [0.3, 0.4) is 0 Å². The predicted octanol–water partition coefficient (Wildman–Crippen LogP) is 7.98.